The molecule has 104 heavy (non-hydrogen) atoms. The molecule has 0 aliphatic carbocycles. The molecule has 543 valence electrons. The number of benzene rings is 9. The van der Waals surface area contributed by atoms with E-state index in [2.05, 4.69) is 69.1 Å². The summed E-state index contributed by atoms with van der Waals surface area (Å²) in [4.78, 5) is 31.9. The van der Waals surface area contributed by atoms with Gasteiger partial charge in [-0.05, 0) is 205 Å². The van der Waals surface area contributed by atoms with Crippen LogP contribution in [0.15, 0.2) is 195 Å². The Hall–Kier alpha value is -8.29. The molecule has 18 nitrogen and oxygen atoms in total. The molecule has 3 aromatic heterocycles. The standard InChI is InChI=1S/C17H16O4.C17H14O4.C15H11BrO3.C9H8O.C8H7IO3.C8H8O3.4CH4.BBr3.B.Na.H/c2*1-19-14-5-3-11(4-6-14)16-9-12-7-15(20-2)8-13(10-18)17(12)21-16;16-8-11-6-13(18)5-10-7-14(19-15(10)11)9-1-3-12(17)4-2-9;1-3-8-4-6-9(10-2)7-5-8;1-12-6-2-5(4-10)8(11)7(9)3-6;1-11-7-2-3-8(10)6(4-7)5-9;;;;;2-1(3)4;;;/h3-9,18H,10H2,1-2H3;3-10H,1-2H3;1-7,17-18H,8H2;1,4-7H,2H3;2-4,11H,1H3;2-5,10H,1H3;4*1H4;;;;/q;;;;;;;;;;;;+1;-1. The van der Waals surface area contributed by atoms with E-state index in [1.165, 1.54) is 32.4 Å². The number of halogens is 5. The monoisotopic (exact) mass is 1790 g/mol. The van der Waals surface area contributed by atoms with Gasteiger partial charge in [-0.3, -0.25) is 14.4 Å². The van der Waals surface area contributed by atoms with Crippen LogP contribution in [-0.2, 0) is 11.9 Å². The second-order valence-corrected chi connectivity index (χ2v) is 28.1. The summed E-state index contributed by atoms with van der Waals surface area (Å²) in [6.45, 7) is -0.0940. The average molecular weight is 1800 g/mol. The molecule has 12 aromatic rings. The van der Waals surface area contributed by atoms with Crippen molar-refractivity contribution in [1.29, 1.82) is 0 Å². The summed E-state index contributed by atoms with van der Waals surface area (Å²) >= 11 is 14.6. The van der Waals surface area contributed by atoms with Gasteiger partial charge >= 0.3 is 32.7 Å². The van der Waals surface area contributed by atoms with Gasteiger partial charge in [-0.2, -0.15) is 0 Å². The molecule has 12 rings (SSSR count). The summed E-state index contributed by atoms with van der Waals surface area (Å²) in [5.74, 6) is 9.98. The van der Waals surface area contributed by atoms with Crippen LogP contribution < -0.4 is 62.7 Å². The van der Waals surface area contributed by atoms with Gasteiger partial charge in [0.25, 0.3) is 0 Å². The zero-order valence-corrected chi connectivity index (χ0v) is 65.6. The number of phenols is 4. The molecule has 0 bridgehead atoms. The summed E-state index contributed by atoms with van der Waals surface area (Å²) in [7, 11) is 11.1. The van der Waals surface area contributed by atoms with Gasteiger partial charge in [-0.1, -0.05) is 51.6 Å². The maximum absolute atomic E-state index is 11.2. The molecular weight excluding hydrogens is 1720 g/mol. The van der Waals surface area contributed by atoms with E-state index in [0.29, 0.717) is 78.3 Å². The van der Waals surface area contributed by atoms with Crippen molar-refractivity contribution in [2.24, 2.45) is 0 Å². The summed E-state index contributed by atoms with van der Waals surface area (Å²) in [5, 5.41) is 50.0. The minimum absolute atomic E-state index is 0. The Bertz CT molecular complexity index is 4630. The SMILES string of the molecule is BrB(Br)Br.C.C.C.C.C#Cc1ccc(OC)cc1.COc1cc(I)c(O)c(C=O)c1.COc1ccc(-c2cc3cc(OC)cc(C=O)c3o2)cc1.COc1ccc(-c2cc3cc(OC)cc(CO)c3o2)cc1.COc1ccc(O)c(C=O)c1.Oc1ccc(-c2cc3cc(O)cc(CBr)c3o2)cc1.[B].[H-].[Na+]. The maximum Gasteiger partial charge on any atom is 1.00 e. The van der Waals surface area contributed by atoms with E-state index in [1.54, 1.807) is 96.2 Å². The number of hydrogen-bond acceptors (Lipinski definition) is 18. The normalized spacial score (nSPS) is 9.46. The fourth-order valence-electron chi connectivity index (χ4n) is 8.90. The number of aliphatic hydroxyl groups excluding tert-OH is 1. The molecule has 0 spiro atoms. The van der Waals surface area contributed by atoms with Crippen LogP contribution in [0.1, 0.15) is 78.9 Å². The van der Waals surface area contributed by atoms with Crippen molar-refractivity contribution in [3.8, 4) is 110 Å². The number of furan rings is 3. The number of carbonyl (C=O) groups is 3. The number of aromatic hydroxyl groups is 4. The van der Waals surface area contributed by atoms with Gasteiger partial charge in [-0.25, -0.2) is 0 Å². The van der Waals surface area contributed by atoms with E-state index in [9.17, 15) is 34.8 Å². The Morgan fingerprint density at radius 3 is 1.22 bits per heavy atom. The van der Waals surface area contributed by atoms with Crippen molar-refractivity contribution in [2.45, 2.75) is 41.6 Å². The zero-order valence-electron chi connectivity index (χ0n) is 56.1. The van der Waals surface area contributed by atoms with Gasteiger partial charge in [0.05, 0.1) is 76.6 Å². The molecule has 0 amide bonds. The topological polar surface area (TPSA) is 256 Å². The minimum Gasteiger partial charge on any atom is -1.00 e. The third-order valence-corrected chi connectivity index (χ3v) is 15.3. The number of hydrogen-bond donors (Lipinski definition) is 5. The number of carbonyl (C=O) groups excluding carboxylic acids is 3. The van der Waals surface area contributed by atoms with Crippen LogP contribution >= 0.6 is 85.8 Å². The van der Waals surface area contributed by atoms with Gasteiger partial charge in [0.15, 0.2) is 18.9 Å². The fraction of sp³-hybridized carbons (Fsp3) is 0.167. The summed E-state index contributed by atoms with van der Waals surface area (Å²) < 4.78 is 53.9. The molecule has 9 aromatic carbocycles. The molecule has 0 saturated heterocycles. The van der Waals surface area contributed by atoms with Gasteiger partial charge in [0, 0.05) is 63.3 Å². The number of aldehydes is 3. The van der Waals surface area contributed by atoms with Crippen molar-refractivity contribution < 1.29 is 117 Å². The Kier molecular flexibility index (Phi) is 44.8. The Labute approximate surface area is 679 Å². The van der Waals surface area contributed by atoms with Gasteiger partial charge in [0.1, 0.15) is 97.3 Å². The van der Waals surface area contributed by atoms with Gasteiger partial charge in [-0.15, -0.1) is 53.7 Å². The van der Waals surface area contributed by atoms with Crippen molar-refractivity contribution in [3.63, 3.8) is 0 Å². The number of aliphatic hydroxyl groups is 1. The fourth-order valence-corrected chi connectivity index (χ4v) is 9.94. The number of ether oxygens (including phenoxy) is 7. The van der Waals surface area contributed by atoms with Crippen LogP contribution in [0.25, 0.3) is 66.9 Å². The number of phenolic OH excluding ortho intramolecular Hbond substituents is 4. The van der Waals surface area contributed by atoms with Crippen LogP contribution in [0.2, 0.25) is 0 Å². The first-order valence-electron chi connectivity index (χ1n) is 28.8. The third kappa shape index (κ3) is 27.6. The van der Waals surface area contributed by atoms with Gasteiger partial charge in [0.2, 0.25) is 0 Å². The van der Waals surface area contributed by atoms with E-state index >= 15 is 0 Å². The summed E-state index contributed by atoms with van der Waals surface area (Å²) in [5.41, 5.74) is 8.22. The van der Waals surface area contributed by atoms with Crippen LogP contribution in [0.5, 0.6) is 63.2 Å². The first-order chi connectivity index (χ1) is 47.2. The number of methoxy groups -OCH3 is 7. The molecular formula is C78H81B2Br4INaO18. The van der Waals surface area contributed by atoms with E-state index in [1.807, 2.05) is 126 Å². The smallest absolute Gasteiger partial charge is 1.00 e. The molecule has 0 fully saturated rings. The zero-order chi connectivity index (χ0) is 71.4. The van der Waals surface area contributed by atoms with Crippen molar-refractivity contribution >= 4 is 149 Å². The van der Waals surface area contributed by atoms with Crippen molar-refractivity contribution in [2.75, 3.05) is 49.8 Å². The summed E-state index contributed by atoms with van der Waals surface area (Å²) in [6.07, 6.45) is 7.10. The quantitative estimate of drug-likeness (QED) is 0.0210. The Balaban J connectivity index is 0. The molecule has 3 heterocycles. The molecule has 0 atom stereocenters. The molecule has 5 N–H and O–H groups in total. The van der Waals surface area contributed by atoms with Crippen LogP contribution in [0, 0.1) is 15.9 Å². The number of terminal acetylenes is 1. The number of fused-ring (bicyclic) bond motifs is 3. The predicted octanol–water partition coefficient (Wildman–Crippen LogP) is 18.1. The average Bonchev–Trinajstić information content (AvgIpc) is 1.67. The first-order valence-corrected chi connectivity index (χ1v) is 33.7. The van der Waals surface area contributed by atoms with Crippen molar-refractivity contribution in [3.05, 3.63) is 219 Å². The predicted molar refractivity (Wildman–Crippen MR) is 438 cm³/mol. The van der Waals surface area contributed by atoms with Crippen molar-refractivity contribution in [1.82, 2.24) is 0 Å². The molecule has 0 aliphatic rings. The first kappa shape index (κ1) is 95.7. The van der Waals surface area contributed by atoms with Crippen LogP contribution in [0.3, 0.4) is 0 Å². The molecule has 0 unspecified atom stereocenters. The molecule has 26 heteroatoms. The van der Waals surface area contributed by atoms with E-state index in [0.717, 1.165) is 78.9 Å². The third-order valence-electron chi connectivity index (χ3n) is 13.8. The Morgan fingerprint density at radius 2 is 0.808 bits per heavy atom. The minimum atomic E-state index is -0.0940. The van der Waals surface area contributed by atoms with E-state index in [4.69, 9.17) is 57.9 Å². The van der Waals surface area contributed by atoms with Crippen LogP contribution in [0.4, 0.5) is 0 Å². The van der Waals surface area contributed by atoms with Crippen LogP contribution in [-0.4, -0.2) is 106 Å². The largest absolute Gasteiger partial charge is 1.00 e. The van der Waals surface area contributed by atoms with Gasteiger partial charge < -0.3 is 73.4 Å². The second-order valence-electron chi connectivity index (χ2n) is 19.9. The van der Waals surface area contributed by atoms with E-state index in [-0.39, 0.29) is 113 Å². The number of alkyl halides is 1. The second kappa shape index (κ2) is 48.7. The van der Waals surface area contributed by atoms with E-state index < -0.39 is 0 Å². The molecule has 0 saturated carbocycles. The number of rotatable bonds is 15. The molecule has 0 aliphatic heterocycles. The maximum atomic E-state index is 11.2. The summed E-state index contributed by atoms with van der Waals surface area (Å²) in [6, 6.07) is 53.3. The molecule has 3 radical (unpaired) electrons. The Morgan fingerprint density at radius 1 is 0.452 bits per heavy atom.